The molecule has 0 radical (unpaired) electrons. The number of rotatable bonds is 6. The molecule has 0 aromatic carbocycles. The Bertz CT molecular complexity index is 349. The van der Waals surface area contributed by atoms with Gasteiger partial charge in [0.1, 0.15) is 18.0 Å². The lowest BCUT2D eigenvalue weighted by atomic mass is 10.2. The van der Waals surface area contributed by atoms with Crippen LogP contribution in [0.3, 0.4) is 0 Å². The van der Waals surface area contributed by atoms with Crippen molar-refractivity contribution in [3.63, 3.8) is 0 Å². The first-order valence-electron chi connectivity index (χ1n) is 6.43. The first-order chi connectivity index (χ1) is 8.11. The maximum Gasteiger partial charge on any atom is 0.137 e. The quantitative estimate of drug-likeness (QED) is 0.824. The molecule has 0 saturated carbocycles. The van der Waals surface area contributed by atoms with E-state index >= 15 is 0 Å². The molecule has 1 N–H and O–H groups in total. The summed E-state index contributed by atoms with van der Waals surface area (Å²) in [5.74, 6) is 1.99. The highest BCUT2D eigenvalue weighted by molar-refractivity contribution is 5.58. The van der Waals surface area contributed by atoms with Crippen molar-refractivity contribution in [1.82, 2.24) is 9.97 Å². The van der Waals surface area contributed by atoms with Crippen molar-refractivity contribution in [2.24, 2.45) is 0 Å². The van der Waals surface area contributed by atoms with Gasteiger partial charge in [-0.25, -0.2) is 9.97 Å². The molecule has 0 spiro atoms. The normalized spacial score (nSPS) is 10.7. The first kappa shape index (κ1) is 13.7. The predicted molar refractivity (Wildman–Crippen MR) is 73.7 cm³/mol. The van der Waals surface area contributed by atoms with Gasteiger partial charge in [0.15, 0.2) is 0 Å². The zero-order valence-electron chi connectivity index (χ0n) is 11.6. The molecule has 0 aliphatic rings. The van der Waals surface area contributed by atoms with Crippen molar-refractivity contribution in [2.45, 2.75) is 47.1 Å². The van der Waals surface area contributed by atoms with Crippen molar-refractivity contribution < 1.29 is 0 Å². The summed E-state index contributed by atoms with van der Waals surface area (Å²) in [5, 5.41) is 3.34. The maximum absolute atomic E-state index is 4.41. The minimum Gasteiger partial charge on any atom is -0.370 e. The Kier molecular flexibility index (Phi) is 5.19. The van der Waals surface area contributed by atoms with E-state index in [2.05, 4.69) is 54.8 Å². The number of anilines is 2. The van der Waals surface area contributed by atoms with Crippen LogP contribution in [-0.4, -0.2) is 29.1 Å². The summed E-state index contributed by atoms with van der Waals surface area (Å²) in [6.45, 7) is 12.7. The van der Waals surface area contributed by atoms with Gasteiger partial charge in [-0.1, -0.05) is 6.92 Å². The molecule has 0 saturated heterocycles. The van der Waals surface area contributed by atoms with E-state index in [9.17, 15) is 0 Å². The zero-order chi connectivity index (χ0) is 12.8. The average Bonchev–Trinajstić information content (AvgIpc) is 2.30. The number of nitrogens with zero attached hydrogens (tertiary/aromatic N) is 3. The molecule has 17 heavy (non-hydrogen) atoms. The minimum absolute atomic E-state index is 0.452. The van der Waals surface area contributed by atoms with Crippen LogP contribution in [0, 0.1) is 6.92 Å². The molecule has 0 unspecified atom stereocenters. The molecule has 0 aliphatic carbocycles. The predicted octanol–water partition coefficient (Wildman–Crippen LogP) is 2.84. The van der Waals surface area contributed by atoms with Crippen LogP contribution in [0.15, 0.2) is 6.33 Å². The second-order valence-electron chi connectivity index (χ2n) is 4.48. The number of aromatic nitrogens is 2. The van der Waals surface area contributed by atoms with Crippen LogP contribution < -0.4 is 10.2 Å². The molecule has 1 rings (SSSR count). The summed E-state index contributed by atoms with van der Waals surface area (Å²) in [4.78, 5) is 11.0. The Morgan fingerprint density at radius 3 is 2.53 bits per heavy atom. The van der Waals surface area contributed by atoms with Crippen molar-refractivity contribution in [2.75, 3.05) is 23.3 Å². The summed E-state index contributed by atoms with van der Waals surface area (Å²) in [6, 6.07) is 0.452. The molecule has 0 aliphatic heterocycles. The minimum atomic E-state index is 0.452. The zero-order valence-corrected chi connectivity index (χ0v) is 11.6. The van der Waals surface area contributed by atoms with Gasteiger partial charge in [-0.15, -0.1) is 0 Å². The monoisotopic (exact) mass is 236 g/mol. The molecule has 1 aromatic rings. The summed E-state index contributed by atoms with van der Waals surface area (Å²) in [7, 11) is 0. The average molecular weight is 236 g/mol. The smallest absolute Gasteiger partial charge is 0.137 e. The largest absolute Gasteiger partial charge is 0.370 e. The molecular weight excluding hydrogens is 212 g/mol. The Labute approximate surface area is 104 Å². The van der Waals surface area contributed by atoms with Gasteiger partial charge < -0.3 is 10.2 Å². The fourth-order valence-electron chi connectivity index (χ4n) is 1.91. The second-order valence-corrected chi connectivity index (χ2v) is 4.48. The van der Waals surface area contributed by atoms with Crippen LogP contribution in [0.1, 0.15) is 39.7 Å². The molecular formula is C13H24N4. The van der Waals surface area contributed by atoms with Crippen LogP contribution in [0.25, 0.3) is 0 Å². The van der Waals surface area contributed by atoms with E-state index in [0.717, 1.165) is 36.7 Å². The van der Waals surface area contributed by atoms with E-state index in [4.69, 9.17) is 0 Å². The Balaban J connectivity index is 2.99. The van der Waals surface area contributed by atoms with Gasteiger partial charge in [0.25, 0.3) is 0 Å². The summed E-state index contributed by atoms with van der Waals surface area (Å²) in [6.07, 6.45) is 2.74. The molecule has 96 valence electrons. The van der Waals surface area contributed by atoms with Crippen LogP contribution >= 0.6 is 0 Å². The lowest BCUT2D eigenvalue weighted by molar-refractivity contribution is 0.689. The summed E-state index contributed by atoms with van der Waals surface area (Å²) >= 11 is 0. The van der Waals surface area contributed by atoms with Crippen molar-refractivity contribution in [3.8, 4) is 0 Å². The number of hydrogen-bond donors (Lipinski definition) is 1. The standard InChI is InChI=1S/C13H24N4/c1-6-8-14-12-11(5)13(16-9-15-12)17(7-2)10(3)4/h9-10H,6-8H2,1-5H3,(H,14,15,16). The van der Waals surface area contributed by atoms with Crippen LogP contribution in [-0.2, 0) is 0 Å². The Morgan fingerprint density at radius 2 is 2.00 bits per heavy atom. The lowest BCUT2D eigenvalue weighted by Crippen LogP contribution is -2.32. The molecule has 4 heteroatoms. The van der Waals surface area contributed by atoms with Gasteiger partial charge in [-0.3, -0.25) is 0 Å². The Morgan fingerprint density at radius 1 is 1.29 bits per heavy atom. The molecule has 0 amide bonds. The van der Waals surface area contributed by atoms with E-state index in [1.165, 1.54) is 0 Å². The van der Waals surface area contributed by atoms with Gasteiger partial charge in [0.2, 0.25) is 0 Å². The number of hydrogen-bond acceptors (Lipinski definition) is 4. The summed E-state index contributed by atoms with van der Waals surface area (Å²) < 4.78 is 0. The lowest BCUT2D eigenvalue weighted by Gasteiger charge is -2.28. The third kappa shape index (κ3) is 3.32. The SMILES string of the molecule is CCCNc1ncnc(N(CC)C(C)C)c1C. The van der Waals surface area contributed by atoms with E-state index in [-0.39, 0.29) is 0 Å². The van der Waals surface area contributed by atoms with Gasteiger partial charge in [-0.2, -0.15) is 0 Å². The number of nitrogens with one attached hydrogen (secondary N) is 1. The molecule has 0 atom stereocenters. The third-order valence-corrected chi connectivity index (χ3v) is 2.84. The molecule has 1 heterocycles. The van der Waals surface area contributed by atoms with Crippen LogP contribution in [0.4, 0.5) is 11.6 Å². The summed E-state index contributed by atoms with van der Waals surface area (Å²) in [5.41, 5.74) is 1.14. The second kappa shape index (κ2) is 6.42. The van der Waals surface area contributed by atoms with Gasteiger partial charge in [0, 0.05) is 24.7 Å². The Hall–Kier alpha value is -1.32. The highest BCUT2D eigenvalue weighted by Gasteiger charge is 2.14. The van der Waals surface area contributed by atoms with Gasteiger partial charge >= 0.3 is 0 Å². The van der Waals surface area contributed by atoms with Crippen molar-refractivity contribution in [1.29, 1.82) is 0 Å². The van der Waals surface area contributed by atoms with Gasteiger partial charge in [0.05, 0.1) is 0 Å². The van der Waals surface area contributed by atoms with Crippen LogP contribution in [0.5, 0.6) is 0 Å². The fourth-order valence-corrected chi connectivity index (χ4v) is 1.91. The van der Waals surface area contributed by atoms with Crippen molar-refractivity contribution in [3.05, 3.63) is 11.9 Å². The first-order valence-corrected chi connectivity index (χ1v) is 6.43. The van der Waals surface area contributed by atoms with Gasteiger partial charge in [-0.05, 0) is 34.1 Å². The van der Waals surface area contributed by atoms with E-state index in [0.29, 0.717) is 6.04 Å². The molecule has 0 bridgehead atoms. The van der Waals surface area contributed by atoms with E-state index < -0.39 is 0 Å². The van der Waals surface area contributed by atoms with Crippen LogP contribution in [0.2, 0.25) is 0 Å². The third-order valence-electron chi connectivity index (χ3n) is 2.84. The van der Waals surface area contributed by atoms with E-state index in [1.54, 1.807) is 6.33 Å². The topological polar surface area (TPSA) is 41.1 Å². The highest BCUT2D eigenvalue weighted by atomic mass is 15.2. The maximum atomic E-state index is 4.41. The fraction of sp³-hybridized carbons (Fsp3) is 0.692. The van der Waals surface area contributed by atoms with Crippen molar-refractivity contribution >= 4 is 11.6 Å². The molecule has 4 nitrogen and oxygen atoms in total. The highest BCUT2D eigenvalue weighted by Crippen LogP contribution is 2.23. The molecule has 0 fully saturated rings. The van der Waals surface area contributed by atoms with E-state index in [1.807, 2.05) is 0 Å². The molecule has 1 aromatic heterocycles.